The number of benzene rings is 1. The van der Waals surface area contributed by atoms with E-state index in [1.165, 1.54) is 0 Å². The molecule has 1 aliphatic rings. The van der Waals surface area contributed by atoms with Crippen molar-refractivity contribution in [1.29, 1.82) is 0 Å². The number of hydrogen-bond acceptors (Lipinski definition) is 5. The Kier molecular flexibility index (Phi) is 3.65. The molecule has 0 amide bonds. The van der Waals surface area contributed by atoms with Gasteiger partial charge in [-0.2, -0.15) is 0 Å². The molecular weight excluding hydrogens is 254 g/mol. The van der Waals surface area contributed by atoms with Gasteiger partial charge in [0.05, 0.1) is 31.4 Å². The van der Waals surface area contributed by atoms with Crippen LogP contribution in [0, 0.1) is 0 Å². The molecule has 1 aromatic carbocycles. The summed E-state index contributed by atoms with van der Waals surface area (Å²) in [5.41, 5.74) is 0.910. The van der Waals surface area contributed by atoms with Crippen molar-refractivity contribution in [2.75, 3.05) is 43.7 Å². The molecule has 0 atom stereocenters. The quantitative estimate of drug-likeness (QED) is 0.819. The van der Waals surface area contributed by atoms with E-state index in [0.717, 1.165) is 11.4 Å². The van der Waals surface area contributed by atoms with Crippen molar-refractivity contribution in [3.63, 3.8) is 0 Å². The average molecular weight is 271 g/mol. The molecule has 0 unspecified atom stereocenters. The summed E-state index contributed by atoms with van der Waals surface area (Å²) in [6, 6.07) is 5.55. The summed E-state index contributed by atoms with van der Waals surface area (Å²) in [7, 11) is 0.332. The fourth-order valence-electron chi connectivity index (χ4n) is 2.00. The third kappa shape index (κ3) is 2.69. The summed E-state index contributed by atoms with van der Waals surface area (Å²) in [6.07, 6.45) is 0. The highest BCUT2D eigenvalue weighted by molar-refractivity contribution is 7.91. The van der Waals surface area contributed by atoms with Gasteiger partial charge in [-0.25, -0.2) is 8.42 Å². The zero-order valence-electron chi connectivity index (χ0n) is 10.5. The molecule has 0 aliphatic carbocycles. The van der Waals surface area contributed by atoms with Crippen LogP contribution in [0.3, 0.4) is 0 Å². The number of sulfone groups is 1. The van der Waals surface area contributed by atoms with Gasteiger partial charge >= 0.3 is 0 Å². The molecule has 1 aromatic rings. The number of anilines is 1. The molecule has 6 heteroatoms. The number of methoxy groups -OCH3 is 2. The van der Waals surface area contributed by atoms with Crippen LogP contribution in [0.2, 0.25) is 0 Å². The van der Waals surface area contributed by atoms with E-state index in [9.17, 15) is 8.42 Å². The Bertz CT molecular complexity index is 513. The summed E-state index contributed by atoms with van der Waals surface area (Å²) in [5, 5.41) is 0. The first kappa shape index (κ1) is 13.0. The lowest BCUT2D eigenvalue weighted by atomic mass is 10.2. The molecule has 0 bridgehead atoms. The van der Waals surface area contributed by atoms with E-state index in [1.54, 1.807) is 20.3 Å². The van der Waals surface area contributed by atoms with Crippen molar-refractivity contribution in [2.24, 2.45) is 0 Å². The van der Waals surface area contributed by atoms with Crippen molar-refractivity contribution in [3.05, 3.63) is 18.2 Å². The van der Waals surface area contributed by atoms with Gasteiger partial charge in [0.15, 0.2) is 9.84 Å². The Morgan fingerprint density at radius 3 is 2.33 bits per heavy atom. The third-order valence-corrected chi connectivity index (χ3v) is 4.68. The molecule has 18 heavy (non-hydrogen) atoms. The first-order valence-electron chi connectivity index (χ1n) is 5.73. The van der Waals surface area contributed by atoms with Crippen LogP contribution in [-0.2, 0) is 9.84 Å². The summed E-state index contributed by atoms with van der Waals surface area (Å²) >= 11 is 0. The topological polar surface area (TPSA) is 55.8 Å². The number of hydrogen-bond donors (Lipinski definition) is 0. The maximum absolute atomic E-state index is 11.4. The van der Waals surface area contributed by atoms with Crippen molar-refractivity contribution < 1.29 is 17.9 Å². The highest BCUT2D eigenvalue weighted by Crippen LogP contribution is 2.32. The number of nitrogens with zero attached hydrogens (tertiary/aromatic N) is 1. The Labute approximate surface area is 107 Å². The molecule has 0 saturated carbocycles. The fourth-order valence-corrected chi connectivity index (χ4v) is 3.20. The molecular formula is C12H17NO4S. The Balaban J connectivity index is 2.23. The monoisotopic (exact) mass is 271 g/mol. The van der Waals surface area contributed by atoms with Crippen molar-refractivity contribution in [2.45, 2.75) is 0 Å². The highest BCUT2D eigenvalue weighted by Gasteiger charge is 2.23. The third-order valence-electron chi connectivity index (χ3n) is 3.07. The highest BCUT2D eigenvalue weighted by atomic mass is 32.2. The summed E-state index contributed by atoms with van der Waals surface area (Å²) in [5.74, 6) is 1.82. The first-order chi connectivity index (χ1) is 8.55. The molecule has 1 heterocycles. The maximum atomic E-state index is 11.4. The van der Waals surface area contributed by atoms with E-state index in [1.807, 2.05) is 17.0 Å². The van der Waals surface area contributed by atoms with Gasteiger partial charge in [0, 0.05) is 19.2 Å². The Hall–Kier alpha value is -1.43. The van der Waals surface area contributed by atoms with Crippen molar-refractivity contribution in [3.8, 4) is 11.5 Å². The Morgan fingerprint density at radius 1 is 1.11 bits per heavy atom. The van der Waals surface area contributed by atoms with E-state index >= 15 is 0 Å². The second kappa shape index (κ2) is 5.06. The normalized spacial score (nSPS) is 18.4. The van der Waals surface area contributed by atoms with Crippen LogP contribution in [-0.4, -0.2) is 47.2 Å². The summed E-state index contributed by atoms with van der Waals surface area (Å²) < 4.78 is 33.3. The zero-order chi connectivity index (χ0) is 13.2. The van der Waals surface area contributed by atoms with Gasteiger partial charge in [-0.05, 0) is 12.1 Å². The smallest absolute Gasteiger partial charge is 0.153 e. The van der Waals surface area contributed by atoms with Crippen LogP contribution < -0.4 is 14.4 Å². The standard InChI is InChI=1S/C12H17NO4S/c1-16-10-3-4-11(12(9-10)17-2)13-5-7-18(14,15)8-6-13/h3-4,9H,5-8H2,1-2H3. The number of rotatable bonds is 3. The van der Waals surface area contributed by atoms with Gasteiger partial charge in [0.1, 0.15) is 11.5 Å². The van der Waals surface area contributed by atoms with Crippen LogP contribution in [0.25, 0.3) is 0 Å². The van der Waals surface area contributed by atoms with Gasteiger partial charge in [-0.15, -0.1) is 0 Å². The second-order valence-corrected chi connectivity index (χ2v) is 6.48. The molecule has 0 N–H and O–H groups in total. The molecule has 1 fully saturated rings. The molecule has 1 saturated heterocycles. The summed E-state index contributed by atoms with van der Waals surface area (Å²) in [4.78, 5) is 2.03. The lowest BCUT2D eigenvalue weighted by Gasteiger charge is -2.30. The minimum absolute atomic E-state index is 0.197. The van der Waals surface area contributed by atoms with Gasteiger partial charge in [0.25, 0.3) is 0 Å². The fraction of sp³-hybridized carbons (Fsp3) is 0.500. The van der Waals surface area contributed by atoms with Crippen LogP contribution in [0.5, 0.6) is 11.5 Å². The van der Waals surface area contributed by atoms with E-state index in [-0.39, 0.29) is 11.5 Å². The second-order valence-electron chi connectivity index (χ2n) is 4.18. The minimum atomic E-state index is -2.86. The number of ether oxygens (including phenoxy) is 2. The molecule has 1 aliphatic heterocycles. The lowest BCUT2D eigenvalue weighted by molar-refractivity contribution is 0.394. The van der Waals surface area contributed by atoms with Gasteiger partial charge < -0.3 is 14.4 Å². The Morgan fingerprint density at radius 2 is 1.78 bits per heavy atom. The van der Waals surface area contributed by atoms with Gasteiger partial charge in [0.2, 0.25) is 0 Å². The lowest BCUT2D eigenvalue weighted by Crippen LogP contribution is -2.40. The van der Waals surface area contributed by atoms with Gasteiger partial charge in [-0.3, -0.25) is 0 Å². The van der Waals surface area contributed by atoms with Gasteiger partial charge in [-0.1, -0.05) is 0 Å². The van der Waals surface area contributed by atoms with E-state index < -0.39 is 9.84 Å². The minimum Gasteiger partial charge on any atom is -0.497 e. The van der Waals surface area contributed by atoms with Crippen LogP contribution in [0.4, 0.5) is 5.69 Å². The molecule has 5 nitrogen and oxygen atoms in total. The maximum Gasteiger partial charge on any atom is 0.153 e. The van der Waals surface area contributed by atoms with Crippen LogP contribution >= 0.6 is 0 Å². The molecule has 100 valence electrons. The molecule has 0 radical (unpaired) electrons. The first-order valence-corrected chi connectivity index (χ1v) is 7.55. The zero-order valence-corrected chi connectivity index (χ0v) is 11.4. The van der Waals surface area contributed by atoms with E-state index in [4.69, 9.17) is 9.47 Å². The SMILES string of the molecule is COc1ccc(N2CCS(=O)(=O)CC2)c(OC)c1. The molecule has 2 rings (SSSR count). The summed E-state index contributed by atoms with van der Waals surface area (Å²) in [6.45, 7) is 1.01. The molecule has 0 aromatic heterocycles. The van der Waals surface area contributed by atoms with Crippen molar-refractivity contribution in [1.82, 2.24) is 0 Å². The molecule has 0 spiro atoms. The predicted molar refractivity (Wildman–Crippen MR) is 70.4 cm³/mol. The predicted octanol–water partition coefficient (Wildman–Crippen LogP) is 0.939. The van der Waals surface area contributed by atoms with Crippen LogP contribution in [0.15, 0.2) is 18.2 Å². The van der Waals surface area contributed by atoms with Crippen LogP contribution in [0.1, 0.15) is 0 Å². The van der Waals surface area contributed by atoms with E-state index in [2.05, 4.69) is 0 Å². The van der Waals surface area contributed by atoms with Crippen molar-refractivity contribution >= 4 is 15.5 Å². The average Bonchev–Trinajstić information content (AvgIpc) is 2.38. The van der Waals surface area contributed by atoms with E-state index in [0.29, 0.717) is 18.8 Å². The largest absolute Gasteiger partial charge is 0.497 e.